The van der Waals surface area contributed by atoms with E-state index in [-0.39, 0.29) is 22.8 Å². The predicted octanol–water partition coefficient (Wildman–Crippen LogP) is 5.24. The average molecular weight is 392 g/mol. The van der Waals surface area contributed by atoms with E-state index >= 15 is 0 Å². The molecule has 1 heterocycles. The van der Waals surface area contributed by atoms with Crippen molar-refractivity contribution in [2.45, 2.75) is 51.4 Å². The number of benzene rings is 2. The number of amides is 2. The van der Waals surface area contributed by atoms with Crippen LogP contribution in [0, 0.1) is 0 Å². The summed E-state index contributed by atoms with van der Waals surface area (Å²) in [6, 6.07) is 13.4. The van der Waals surface area contributed by atoms with E-state index in [1.165, 1.54) is 11.1 Å². The fourth-order valence-corrected chi connectivity index (χ4v) is 4.29. The number of carbonyl (C=O) groups excluding carboxylic acids is 2. The molecule has 0 atom stereocenters. The van der Waals surface area contributed by atoms with Crippen LogP contribution in [0.4, 0.5) is 16.2 Å². The number of carbonyl (C=O) groups is 2. The summed E-state index contributed by atoms with van der Waals surface area (Å²) < 4.78 is 4.97. The number of cyclic esters (lactones) is 1. The topological polar surface area (TPSA) is 58.6 Å². The number of hydrogen-bond acceptors (Lipinski definition) is 3. The highest BCUT2D eigenvalue weighted by Gasteiger charge is 2.37. The number of nitrogens with one attached hydrogen (secondary N) is 1. The van der Waals surface area contributed by atoms with E-state index in [1.807, 2.05) is 30.3 Å². The molecule has 1 aliphatic carbocycles. The lowest BCUT2D eigenvalue weighted by Crippen LogP contribution is -2.34. The largest absolute Gasteiger partial charge is 0.447 e. The van der Waals surface area contributed by atoms with Crippen molar-refractivity contribution in [1.29, 1.82) is 0 Å². The number of nitrogens with zero attached hydrogens (tertiary/aromatic N) is 1. The van der Waals surface area contributed by atoms with Gasteiger partial charge in [-0.25, -0.2) is 4.79 Å². The van der Waals surface area contributed by atoms with Crippen molar-refractivity contribution in [1.82, 2.24) is 0 Å². The van der Waals surface area contributed by atoms with Crippen molar-refractivity contribution in [2.75, 3.05) is 23.4 Å². The molecule has 0 aromatic heterocycles. The number of hydrogen-bond donors (Lipinski definition) is 1. The van der Waals surface area contributed by atoms with Gasteiger partial charge in [0.1, 0.15) is 6.61 Å². The molecule has 5 heteroatoms. The van der Waals surface area contributed by atoms with Crippen molar-refractivity contribution in [3.05, 3.63) is 59.2 Å². The quantitative estimate of drug-likeness (QED) is 0.777. The van der Waals surface area contributed by atoms with Crippen molar-refractivity contribution in [3.63, 3.8) is 0 Å². The first kappa shape index (κ1) is 19.5. The predicted molar refractivity (Wildman–Crippen MR) is 115 cm³/mol. The minimum absolute atomic E-state index is 0.0626. The van der Waals surface area contributed by atoms with Gasteiger partial charge in [-0.3, -0.25) is 9.69 Å². The third-order valence-corrected chi connectivity index (χ3v) is 6.31. The molecule has 0 unspecified atom stereocenters. The minimum Gasteiger partial charge on any atom is -0.447 e. The molecule has 0 bridgehead atoms. The van der Waals surface area contributed by atoms with Crippen LogP contribution in [0.2, 0.25) is 0 Å². The highest BCUT2D eigenvalue weighted by atomic mass is 16.6. The molecule has 0 spiro atoms. The monoisotopic (exact) mass is 392 g/mol. The second-order valence-electron chi connectivity index (χ2n) is 9.30. The Balaban J connectivity index is 1.54. The second kappa shape index (κ2) is 6.90. The van der Waals surface area contributed by atoms with E-state index in [2.05, 4.69) is 45.1 Å². The Morgan fingerprint density at radius 2 is 1.62 bits per heavy atom. The molecule has 2 aliphatic rings. The van der Waals surface area contributed by atoms with Gasteiger partial charge in [-0.05, 0) is 71.2 Å². The van der Waals surface area contributed by atoms with Crippen LogP contribution < -0.4 is 10.2 Å². The first-order chi connectivity index (χ1) is 13.7. The molecule has 29 heavy (non-hydrogen) atoms. The zero-order chi connectivity index (χ0) is 20.8. The Bertz CT molecular complexity index is 961. The molecule has 152 valence electrons. The maximum absolute atomic E-state index is 12.9. The third-order valence-electron chi connectivity index (χ3n) is 6.31. The maximum atomic E-state index is 12.9. The highest BCUT2D eigenvalue weighted by molar-refractivity contribution is 6.04. The molecule has 1 aliphatic heterocycles. The SMILES string of the molecule is CC1(C)CCC(C)(C)c2cc(C(=O)Nc3ccc(N4CCOC4=O)cc3)ccc21. The van der Waals surface area contributed by atoms with Crippen molar-refractivity contribution in [2.24, 2.45) is 0 Å². The molecular formula is C24H28N2O3. The van der Waals surface area contributed by atoms with E-state index in [4.69, 9.17) is 4.74 Å². The standard InChI is InChI=1S/C24H28N2O3/c1-23(2)11-12-24(3,4)20-15-16(5-10-19(20)23)21(27)25-17-6-8-18(9-7-17)26-13-14-29-22(26)28/h5-10,15H,11-14H2,1-4H3,(H,25,27). The Morgan fingerprint density at radius 3 is 2.24 bits per heavy atom. The molecule has 2 aromatic carbocycles. The van der Waals surface area contributed by atoms with Crippen LogP contribution in [0.5, 0.6) is 0 Å². The van der Waals surface area contributed by atoms with Gasteiger partial charge in [-0.1, -0.05) is 33.8 Å². The fourth-order valence-electron chi connectivity index (χ4n) is 4.29. The summed E-state index contributed by atoms with van der Waals surface area (Å²) in [6.07, 6.45) is 1.93. The van der Waals surface area contributed by atoms with Crippen molar-refractivity contribution < 1.29 is 14.3 Å². The smallest absolute Gasteiger partial charge is 0.414 e. The number of rotatable bonds is 3. The van der Waals surface area contributed by atoms with E-state index in [1.54, 1.807) is 4.90 Å². The van der Waals surface area contributed by atoms with Gasteiger partial charge in [0.15, 0.2) is 0 Å². The van der Waals surface area contributed by atoms with Gasteiger partial charge < -0.3 is 10.1 Å². The molecule has 5 nitrogen and oxygen atoms in total. The molecular weight excluding hydrogens is 364 g/mol. The van der Waals surface area contributed by atoms with Crippen LogP contribution in [-0.2, 0) is 15.6 Å². The zero-order valence-electron chi connectivity index (χ0n) is 17.5. The van der Waals surface area contributed by atoms with Crippen LogP contribution >= 0.6 is 0 Å². The van der Waals surface area contributed by atoms with Crippen LogP contribution in [0.1, 0.15) is 62.0 Å². The van der Waals surface area contributed by atoms with Crippen LogP contribution in [-0.4, -0.2) is 25.2 Å². The number of fused-ring (bicyclic) bond motifs is 1. The molecule has 1 N–H and O–H groups in total. The van der Waals surface area contributed by atoms with E-state index < -0.39 is 0 Å². The fraction of sp³-hybridized carbons (Fsp3) is 0.417. The highest BCUT2D eigenvalue weighted by Crippen LogP contribution is 2.45. The van der Waals surface area contributed by atoms with Crippen molar-refractivity contribution >= 4 is 23.4 Å². The third kappa shape index (κ3) is 3.61. The summed E-state index contributed by atoms with van der Waals surface area (Å²) in [6.45, 7) is 10.0. The van der Waals surface area contributed by atoms with Gasteiger partial charge in [-0.15, -0.1) is 0 Å². The van der Waals surface area contributed by atoms with Gasteiger partial charge in [-0.2, -0.15) is 0 Å². The van der Waals surface area contributed by atoms with Crippen LogP contribution in [0.25, 0.3) is 0 Å². The van der Waals surface area contributed by atoms with Gasteiger partial charge >= 0.3 is 6.09 Å². The summed E-state index contributed by atoms with van der Waals surface area (Å²) in [5.74, 6) is -0.125. The maximum Gasteiger partial charge on any atom is 0.414 e. The lowest BCUT2D eigenvalue weighted by Gasteiger charge is -2.42. The van der Waals surface area contributed by atoms with E-state index in [9.17, 15) is 9.59 Å². The van der Waals surface area contributed by atoms with Crippen LogP contribution in [0.3, 0.4) is 0 Å². The molecule has 0 saturated carbocycles. The van der Waals surface area contributed by atoms with Crippen molar-refractivity contribution in [3.8, 4) is 0 Å². The summed E-state index contributed by atoms with van der Waals surface area (Å²) in [5.41, 5.74) is 4.93. The summed E-state index contributed by atoms with van der Waals surface area (Å²) >= 11 is 0. The Kier molecular flexibility index (Phi) is 4.64. The summed E-state index contributed by atoms with van der Waals surface area (Å²) in [4.78, 5) is 26.1. The Labute approximate surface area is 172 Å². The average Bonchev–Trinajstić information content (AvgIpc) is 3.12. The minimum atomic E-state index is -0.332. The first-order valence-corrected chi connectivity index (χ1v) is 10.2. The second-order valence-corrected chi connectivity index (χ2v) is 9.30. The Morgan fingerprint density at radius 1 is 0.966 bits per heavy atom. The van der Waals surface area contributed by atoms with Gasteiger partial charge in [0.2, 0.25) is 0 Å². The Hall–Kier alpha value is -2.82. The van der Waals surface area contributed by atoms with E-state index in [0.29, 0.717) is 24.4 Å². The van der Waals surface area contributed by atoms with Gasteiger partial charge in [0.05, 0.1) is 6.54 Å². The summed E-state index contributed by atoms with van der Waals surface area (Å²) in [5, 5.41) is 2.97. The number of ether oxygens (including phenoxy) is 1. The van der Waals surface area contributed by atoms with Gasteiger partial charge in [0, 0.05) is 16.9 Å². The number of anilines is 2. The van der Waals surface area contributed by atoms with E-state index in [0.717, 1.165) is 18.5 Å². The summed E-state index contributed by atoms with van der Waals surface area (Å²) in [7, 11) is 0. The normalized spacial score (nSPS) is 19.4. The molecule has 2 amide bonds. The molecule has 4 rings (SSSR count). The first-order valence-electron chi connectivity index (χ1n) is 10.2. The zero-order valence-corrected chi connectivity index (χ0v) is 17.5. The lowest BCUT2D eigenvalue weighted by atomic mass is 9.63. The van der Waals surface area contributed by atoms with Crippen LogP contribution in [0.15, 0.2) is 42.5 Å². The molecule has 1 saturated heterocycles. The lowest BCUT2D eigenvalue weighted by molar-refractivity contribution is 0.102. The molecule has 1 fully saturated rings. The molecule has 0 radical (unpaired) electrons. The van der Waals surface area contributed by atoms with Gasteiger partial charge in [0.25, 0.3) is 5.91 Å². The molecule has 2 aromatic rings.